The van der Waals surface area contributed by atoms with Crippen LogP contribution in [0.1, 0.15) is 46.5 Å². The van der Waals surface area contributed by atoms with Gasteiger partial charge in [-0.2, -0.15) is 0 Å². The third-order valence-electron chi connectivity index (χ3n) is 3.57. The molecule has 0 amide bonds. The Morgan fingerprint density at radius 2 is 2.00 bits per heavy atom. The van der Waals surface area contributed by atoms with Crippen molar-refractivity contribution in [1.29, 1.82) is 0 Å². The Hall–Kier alpha value is -0.0800. The number of nitrogens with one attached hydrogen (secondary N) is 1. The minimum absolute atomic E-state index is 0.651. The van der Waals surface area contributed by atoms with Gasteiger partial charge in [-0.15, -0.1) is 0 Å². The fourth-order valence-electron chi connectivity index (χ4n) is 2.45. The molecule has 0 aliphatic heterocycles. The molecule has 1 N–H and O–H groups in total. The van der Waals surface area contributed by atoms with Gasteiger partial charge in [0.15, 0.2) is 0 Å². The Kier molecular flexibility index (Phi) is 7.06. The molecule has 0 saturated heterocycles. The van der Waals surface area contributed by atoms with E-state index in [4.69, 9.17) is 4.74 Å². The van der Waals surface area contributed by atoms with Crippen molar-refractivity contribution in [1.82, 2.24) is 5.32 Å². The molecule has 0 heterocycles. The third kappa shape index (κ3) is 5.86. The van der Waals surface area contributed by atoms with Crippen LogP contribution in [0.2, 0.25) is 0 Å². The second-order valence-corrected chi connectivity index (χ2v) is 5.69. The van der Waals surface area contributed by atoms with Crippen molar-refractivity contribution in [2.75, 3.05) is 26.3 Å². The van der Waals surface area contributed by atoms with Crippen molar-refractivity contribution in [3.8, 4) is 0 Å². The van der Waals surface area contributed by atoms with E-state index in [1.807, 2.05) is 0 Å². The molecule has 1 fully saturated rings. The molecule has 2 atom stereocenters. The summed E-state index contributed by atoms with van der Waals surface area (Å²) in [7, 11) is 0. The zero-order valence-electron chi connectivity index (χ0n) is 11.3. The largest absolute Gasteiger partial charge is 0.380 e. The van der Waals surface area contributed by atoms with Crippen molar-refractivity contribution in [3.63, 3.8) is 0 Å². The average molecular weight is 227 g/mol. The predicted octanol–water partition coefficient (Wildman–Crippen LogP) is 3.07. The Morgan fingerprint density at radius 1 is 1.25 bits per heavy atom. The van der Waals surface area contributed by atoms with Gasteiger partial charge in [-0.05, 0) is 30.7 Å². The van der Waals surface area contributed by atoms with Crippen molar-refractivity contribution in [2.24, 2.45) is 17.8 Å². The molecule has 0 radical (unpaired) electrons. The van der Waals surface area contributed by atoms with E-state index in [0.29, 0.717) is 5.92 Å². The molecule has 1 rings (SSSR count). The molecular formula is C14H29NO. The van der Waals surface area contributed by atoms with Crippen molar-refractivity contribution in [3.05, 3.63) is 0 Å². The van der Waals surface area contributed by atoms with E-state index in [1.54, 1.807) is 0 Å². The molecule has 16 heavy (non-hydrogen) atoms. The predicted molar refractivity (Wildman–Crippen MR) is 69.6 cm³/mol. The molecule has 96 valence electrons. The van der Waals surface area contributed by atoms with E-state index in [0.717, 1.165) is 31.6 Å². The van der Waals surface area contributed by atoms with Crippen LogP contribution in [0.25, 0.3) is 0 Å². The van der Waals surface area contributed by atoms with E-state index in [1.165, 1.54) is 32.2 Å². The van der Waals surface area contributed by atoms with Gasteiger partial charge >= 0.3 is 0 Å². The highest BCUT2D eigenvalue weighted by atomic mass is 16.5. The molecule has 2 nitrogen and oxygen atoms in total. The maximum atomic E-state index is 5.55. The van der Waals surface area contributed by atoms with Gasteiger partial charge in [-0.1, -0.05) is 40.0 Å². The number of rotatable bonds is 7. The molecule has 0 bridgehead atoms. The van der Waals surface area contributed by atoms with Gasteiger partial charge < -0.3 is 10.1 Å². The maximum absolute atomic E-state index is 5.55. The van der Waals surface area contributed by atoms with Crippen LogP contribution in [-0.4, -0.2) is 26.3 Å². The topological polar surface area (TPSA) is 21.3 Å². The highest BCUT2D eigenvalue weighted by molar-refractivity contribution is 4.73. The minimum atomic E-state index is 0.651. The van der Waals surface area contributed by atoms with Gasteiger partial charge in [0.05, 0.1) is 6.61 Å². The normalized spacial score (nSPS) is 26.2. The summed E-state index contributed by atoms with van der Waals surface area (Å²) in [4.78, 5) is 0. The van der Waals surface area contributed by atoms with Crippen molar-refractivity contribution in [2.45, 2.75) is 46.5 Å². The zero-order valence-corrected chi connectivity index (χ0v) is 11.3. The summed E-state index contributed by atoms with van der Waals surface area (Å²) in [5, 5.41) is 3.53. The van der Waals surface area contributed by atoms with Crippen LogP contribution in [0.3, 0.4) is 0 Å². The molecule has 2 heteroatoms. The Labute approximate surface area is 101 Å². The first kappa shape index (κ1) is 14.0. The van der Waals surface area contributed by atoms with E-state index in [9.17, 15) is 0 Å². The summed E-state index contributed by atoms with van der Waals surface area (Å²) in [6.45, 7) is 10.7. The van der Waals surface area contributed by atoms with Gasteiger partial charge in [0.1, 0.15) is 0 Å². The molecule has 1 aliphatic carbocycles. The van der Waals surface area contributed by atoms with Gasteiger partial charge in [0, 0.05) is 13.2 Å². The van der Waals surface area contributed by atoms with Crippen LogP contribution in [0, 0.1) is 17.8 Å². The quantitative estimate of drug-likeness (QED) is 0.675. The van der Waals surface area contributed by atoms with Crippen LogP contribution < -0.4 is 5.32 Å². The Morgan fingerprint density at radius 3 is 2.69 bits per heavy atom. The minimum Gasteiger partial charge on any atom is -0.380 e. The first-order chi connectivity index (χ1) is 7.70. The molecule has 0 aromatic rings. The fraction of sp³-hybridized carbons (Fsp3) is 1.00. The molecule has 0 aromatic heterocycles. The van der Waals surface area contributed by atoms with Crippen molar-refractivity contribution < 1.29 is 4.74 Å². The van der Waals surface area contributed by atoms with Gasteiger partial charge in [-0.3, -0.25) is 0 Å². The van der Waals surface area contributed by atoms with Crippen LogP contribution >= 0.6 is 0 Å². The third-order valence-corrected chi connectivity index (χ3v) is 3.57. The first-order valence-electron chi connectivity index (χ1n) is 6.98. The van der Waals surface area contributed by atoms with Crippen LogP contribution in [-0.2, 0) is 4.74 Å². The summed E-state index contributed by atoms with van der Waals surface area (Å²) in [5.74, 6) is 2.47. The molecular weight excluding hydrogens is 198 g/mol. The lowest BCUT2D eigenvalue weighted by Crippen LogP contribution is -2.31. The summed E-state index contributed by atoms with van der Waals surface area (Å²) in [5.41, 5.74) is 0. The lowest BCUT2D eigenvalue weighted by atomic mass is 9.80. The van der Waals surface area contributed by atoms with Gasteiger partial charge in [-0.25, -0.2) is 0 Å². The summed E-state index contributed by atoms with van der Waals surface area (Å²) < 4.78 is 5.55. The van der Waals surface area contributed by atoms with E-state index in [2.05, 4.69) is 26.1 Å². The SMILES string of the molecule is CC(C)COCCNCC1CCCCC1C. The second kappa shape index (κ2) is 8.08. The highest BCUT2D eigenvalue weighted by Gasteiger charge is 2.20. The summed E-state index contributed by atoms with van der Waals surface area (Å²) in [6, 6.07) is 0. The fourth-order valence-corrected chi connectivity index (χ4v) is 2.45. The van der Waals surface area contributed by atoms with Gasteiger partial charge in [0.25, 0.3) is 0 Å². The van der Waals surface area contributed by atoms with Crippen molar-refractivity contribution >= 4 is 0 Å². The molecule has 0 spiro atoms. The molecule has 0 aromatic carbocycles. The Bertz CT molecular complexity index is 170. The standard InChI is InChI=1S/C14H29NO/c1-12(2)11-16-9-8-15-10-14-7-5-4-6-13(14)3/h12-15H,4-11H2,1-3H3. The number of hydrogen-bond acceptors (Lipinski definition) is 2. The zero-order chi connectivity index (χ0) is 11.8. The number of ether oxygens (including phenoxy) is 1. The average Bonchev–Trinajstić information content (AvgIpc) is 2.25. The van der Waals surface area contributed by atoms with E-state index >= 15 is 0 Å². The second-order valence-electron chi connectivity index (χ2n) is 5.69. The monoisotopic (exact) mass is 227 g/mol. The number of hydrogen-bond donors (Lipinski definition) is 1. The lowest BCUT2D eigenvalue weighted by molar-refractivity contribution is 0.110. The van der Waals surface area contributed by atoms with Crippen LogP contribution in [0.5, 0.6) is 0 Å². The Balaban J connectivity index is 1.94. The maximum Gasteiger partial charge on any atom is 0.0591 e. The smallest absolute Gasteiger partial charge is 0.0591 e. The molecule has 1 aliphatic rings. The summed E-state index contributed by atoms with van der Waals surface area (Å²) in [6.07, 6.45) is 5.72. The van der Waals surface area contributed by atoms with E-state index < -0.39 is 0 Å². The summed E-state index contributed by atoms with van der Waals surface area (Å²) >= 11 is 0. The molecule has 2 unspecified atom stereocenters. The van der Waals surface area contributed by atoms with Gasteiger partial charge in [0.2, 0.25) is 0 Å². The van der Waals surface area contributed by atoms with Crippen LogP contribution in [0.4, 0.5) is 0 Å². The highest BCUT2D eigenvalue weighted by Crippen LogP contribution is 2.28. The van der Waals surface area contributed by atoms with E-state index in [-0.39, 0.29) is 0 Å². The first-order valence-corrected chi connectivity index (χ1v) is 6.98. The molecule has 1 saturated carbocycles. The lowest BCUT2D eigenvalue weighted by Gasteiger charge is -2.28. The van der Waals surface area contributed by atoms with Crippen LogP contribution in [0.15, 0.2) is 0 Å².